The summed E-state index contributed by atoms with van der Waals surface area (Å²) in [6.07, 6.45) is 0.169. The first-order valence-electron chi connectivity index (χ1n) is 7.86. The second-order valence-corrected chi connectivity index (χ2v) is 5.84. The summed E-state index contributed by atoms with van der Waals surface area (Å²) in [5.41, 5.74) is 2.63. The number of benzene rings is 2. The molecule has 1 N–H and O–H groups in total. The van der Waals surface area contributed by atoms with Gasteiger partial charge in [-0.3, -0.25) is 9.59 Å². The van der Waals surface area contributed by atoms with Crippen LogP contribution in [0.4, 0.5) is 5.69 Å². The lowest BCUT2D eigenvalue weighted by Gasteiger charge is -2.11. The molecule has 0 unspecified atom stereocenters. The van der Waals surface area contributed by atoms with E-state index >= 15 is 0 Å². The van der Waals surface area contributed by atoms with Crippen LogP contribution in [0.15, 0.2) is 30.3 Å². The zero-order chi connectivity index (χ0) is 18.0. The van der Waals surface area contributed by atoms with Gasteiger partial charge in [0.05, 0.1) is 19.2 Å². The molecule has 0 atom stereocenters. The molecule has 2 aromatic carbocycles. The van der Waals surface area contributed by atoms with Crippen molar-refractivity contribution >= 4 is 17.4 Å². The summed E-state index contributed by atoms with van der Waals surface area (Å²) < 4.78 is 15.9. The van der Waals surface area contributed by atoms with Gasteiger partial charge in [-0.05, 0) is 37.1 Å². The predicted molar refractivity (Wildman–Crippen MR) is 92.6 cm³/mol. The van der Waals surface area contributed by atoms with E-state index in [1.807, 2.05) is 25.1 Å². The summed E-state index contributed by atoms with van der Waals surface area (Å²) in [7, 11) is 1.60. The van der Waals surface area contributed by atoms with Crippen LogP contribution in [-0.2, 0) is 11.2 Å². The van der Waals surface area contributed by atoms with Crippen molar-refractivity contribution in [2.24, 2.45) is 0 Å². The summed E-state index contributed by atoms with van der Waals surface area (Å²) in [5.74, 6) is 1.36. The number of ether oxygens (including phenoxy) is 3. The van der Waals surface area contributed by atoms with Crippen LogP contribution in [0.2, 0.25) is 0 Å². The van der Waals surface area contributed by atoms with E-state index in [2.05, 4.69) is 5.32 Å². The summed E-state index contributed by atoms with van der Waals surface area (Å²) in [5, 5.41) is 2.79. The topological polar surface area (TPSA) is 73.9 Å². The Morgan fingerprint density at radius 3 is 2.56 bits per heavy atom. The van der Waals surface area contributed by atoms with E-state index in [4.69, 9.17) is 14.2 Å². The molecule has 0 saturated heterocycles. The lowest BCUT2D eigenvalue weighted by Crippen LogP contribution is -2.16. The molecule has 130 valence electrons. The van der Waals surface area contributed by atoms with Crippen molar-refractivity contribution in [1.29, 1.82) is 0 Å². The highest BCUT2D eigenvalue weighted by Gasteiger charge is 2.20. The average molecular weight is 341 g/mol. The van der Waals surface area contributed by atoms with E-state index in [0.717, 1.165) is 16.9 Å². The monoisotopic (exact) mass is 341 g/mol. The Hall–Kier alpha value is -3.02. The number of hydrogen-bond donors (Lipinski definition) is 1. The molecule has 0 spiro atoms. The quantitative estimate of drug-likeness (QED) is 0.846. The standard InChI is InChI=1S/C19H19NO5/c1-11-4-5-13(6-16(11)23-3)7-19(22)20-15-9-18-17(24-10-25-18)8-14(15)12(2)21/h4-6,8-9H,7,10H2,1-3H3,(H,20,22). The molecule has 6 heteroatoms. The van der Waals surface area contributed by atoms with E-state index < -0.39 is 0 Å². The molecule has 25 heavy (non-hydrogen) atoms. The van der Waals surface area contributed by atoms with Gasteiger partial charge in [0, 0.05) is 11.6 Å². The van der Waals surface area contributed by atoms with Crippen LogP contribution in [0.1, 0.15) is 28.4 Å². The highest BCUT2D eigenvalue weighted by atomic mass is 16.7. The zero-order valence-electron chi connectivity index (χ0n) is 14.3. The van der Waals surface area contributed by atoms with Crippen molar-refractivity contribution in [2.75, 3.05) is 19.2 Å². The van der Waals surface area contributed by atoms with Gasteiger partial charge in [0.2, 0.25) is 12.7 Å². The van der Waals surface area contributed by atoms with Crippen molar-refractivity contribution in [3.05, 3.63) is 47.0 Å². The number of ketones is 1. The molecule has 0 aliphatic carbocycles. The maximum absolute atomic E-state index is 12.4. The first-order valence-corrected chi connectivity index (χ1v) is 7.86. The molecule has 1 aliphatic rings. The molecule has 2 aromatic rings. The Bertz CT molecular complexity index is 844. The summed E-state index contributed by atoms with van der Waals surface area (Å²) in [6, 6.07) is 8.83. The third-order valence-corrected chi connectivity index (χ3v) is 4.00. The number of aryl methyl sites for hydroxylation is 1. The maximum Gasteiger partial charge on any atom is 0.231 e. The van der Waals surface area contributed by atoms with E-state index in [-0.39, 0.29) is 24.9 Å². The molecule has 0 aromatic heterocycles. The molecule has 0 saturated carbocycles. The van der Waals surface area contributed by atoms with E-state index in [9.17, 15) is 9.59 Å². The minimum absolute atomic E-state index is 0.104. The molecule has 0 fully saturated rings. The first-order chi connectivity index (χ1) is 12.0. The van der Waals surface area contributed by atoms with Crippen molar-refractivity contribution < 1.29 is 23.8 Å². The first kappa shape index (κ1) is 16.8. The van der Waals surface area contributed by atoms with Crippen molar-refractivity contribution in [1.82, 2.24) is 0 Å². The van der Waals surface area contributed by atoms with Crippen LogP contribution in [0.5, 0.6) is 17.2 Å². The van der Waals surface area contributed by atoms with Gasteiger partial charge in [0.25, 0.3) is 0 Å². The second-order valence-electron chi connectivity index (χ2n) is 5.84. The number of nitrogens with one attached hydrogen (secondary N) is 1. The van der Waals surface area contributed by atoms with Gasteiger partial charge in [-0.1, -0.05) is 12.1 Å². The third-order valence-electron chi connectivity index (χ3n) is 4.00. The normalized spacial score (nSPS) is 12.0. The average Bonchev–Trinajstić information content (AvgIpc) is 3.03. The zero-order valence-corrected chi connectivity index (χ0v) is 14.3. The molecule has 1 heterocycles. The Labute approximate surface area is 145 Å². The Morgan fingerprint density at radius 2 is 1.88 bits per heavy atom. The molecule has 1 amide bonds. The smallest absolute Gasteiger partial charge is 0.231 e. The fourth-order valence-corrected chi connectivity index (χ4v) is 2.69. The molecular weight excluding hydrogens is 322 g/mol. The fraction of sp³-hybridized carbons (Fsp3) is 0.263. The van der Waals surface area contributed by atoms with Gasteiger partial charge in [-0.25, -0.2) is 0 Å². The molecule has 1 aliphatic heterocycles. The van der Waals surface area contributed by atoms with E-state index in [1.54, 1.807) is 19.2 Å². The van der Waals surface area contributed by atoms with Gasteiger partial charge < -0.3 is 19.5 Å². The lowest BCUT2D eigenvalue weighted by molar-refractivity contribution is -0.115. The van der Waals surface area contributed by atoms with E-state index in [1.165, 1.54) is 6.92 Å². The van der Waals surface area contributed by atoms with Gasteiger partial charge >= 0.3 is 0 Å². The number of carbonyl (C=O) groups is 2. The SMILES string of the molecule is COc1cc(CC(=O)Nc2cc3c(cc2C(C)=O)OCO3)ccc1C. The number of methoxy groups -OCH3 is 1. The summed E-state index contributed by atoms with van der Waals surface area (Å²) in [6.45, 7) is 3.49. The minimum Gasteiger partial charge on any atom is -0.496 e. The molecular formula is C19H19NO5. The fourth-order valence-electron chi connectivity index (χ4n) is 2.69. The third kappa shape index (κ3) is 3.57. The number of anilines is 1. The highest BCUT2D eigenvalue weighted by Crippen LogP contribution is 2.37. The number of amides is 1. The van der Waals surface area contributed by atoms with Crippen LogP contribution in [-0.4, -0.2) is 25.6 Å². The Kier molecular flexibility index (Phi) is 4.61. The molecule has 0 bridgehead atoms. The van der Waals surface area contributed by atoms with Gasteiger partial charge in [0.1, 0.15) is 5.75 Å². The van der Waals surface area contributed by atoms with E-state index in [0.29, 0.717) is 22.7 Å². The van der Waals surface area contributed by atoms with Crippen LogP contribution < -0.4 is 19.5 Å². The van der Waals surface area contributed by atoms with Gasteiger partial charge in [-0.15, -0.1) is 0 Å². The largest absolute Gasteiger partial charge is 0.496 e. The van der Waals surface area contributed by atoms with Crippen molar-refractivity contribution in [3.63, 3.8) is 0 Å². The molecule has 6 nitrogen and oxygen atoms in total. The predicted octanol–water partition coefficient (Wildman–Crippen LogP) is 3.12. The Morgan fingerprint density at radius 1 is 1.16 bits per heavy atom. The van der Waals surface area contributed by atoms with Crippen molar-refractivity contribution in [2.45, 2.75) is 20.3 Å². The lowest BCUT2D eigenvalue weighted by atomic mass is 10.1. The summed E-state index contributed by atoms with van der Waals surface area (Å²) in [4.78, 5) is 24.3. The molecule has 3 rings (SSSR count). The minimum atomic E-state index is -0.229. The maximum atomic E-state index is 12.4. The number of Topliss-reactive ketones (excluding diaryl/α,β-unsaturated/α-hetero) is 1. The molecule has 0 radical (unpaired) electrons. The second kappa shape index (κ2) is 6.84. The Balaban J connectivity index is 1.80. The number of rotatable bonds is 5. The number of hydrogen-bond acceptors (Lipinski definition) is 5. The number of fused-ring (bicyclic) bond motifs is 1. The van der Waals surface area contributed by atoms with Crippen LogP contribution in [0.25, 0.3) is 0 Å². The van der Waals surface area contributed by atoms with Gasteiger partial charge in [0.15, 0.2) is 17.3 Å². The highest BCUT2D eigenvalue weighted by molar-refractivity contribution is 6.05. The summed E-state index contributed by atoms with van der Waals surface area (Å²) >= 11 is 0. The number of carbonyl (C=O) groups excluding carboxylic acids is 2. The van der Waals surface area contributed by atoms with Crippen LogP contribution in [0, 0.1) is 6.92 Å². The van der Waals surface area contributed by atoms with Crippen molar-refractivity contribution in [3.8, 4) is 17.2 Å². The van der Waals surface area contributed by atoms with Crippen LogP contribution >= 0.6 is 0 Å². The van der Waals surface area contributed by atoms with Crippen LogP contribution in [0.3, 0.4) is 0 Å². The van der Waals surface area contributed by atoms with Gasteiger partial charge in [-0.2, -0.15) is 0 Å².